The van der Waals surface area contributed by atoms with Crippen molar-refractivity contribution in [1.29, 1.82) is 0 Å². The summed E-state index contributed by atoms with van der Waals surface area (Å²) in [6, 6.07) is 8.21. The van der Waals surface area contributed by atoms with E-state index in [1.165, 1.54) is 12.0 Å². The standard InChI is InChI=1S/C25H25NO6/c1-5-10-31-17-7-6-16(13-18(17)30-4)22-21-23(28)20-15(3)11-14(2)12-19(20)32-24(21)25(29)26(22)8-9-27/h5-7,11-13,22,27H,1,8-10H2,2-4H3. The molecular weight excluding hydrogens is 410 g/mol. The van der Waals surface area contributed by atoms with Crippen LogP contribution in [0.1, 0.15) is 38.9 Å². The van der Waals surface area contributed by atoms with Crippen molar-refractivity contribution in [1.82, 2.24) is 4.90 Å². The molecule has 0 saturated carbocycles. The van der Waals surface area contributed by atoms with Gasteiger partial charge in [0.25, 0.3) is 5.91 Å². The minimum absolute atomic E-state index is 0.0110. The molecule has 2 aromatic carbocycles. The van der Waals surface area contributed by atoms with Crippen LogP contribution in [0.5, 0.6) is 11.5 Å². The summed E-state index contributed by atoms with van der Waals surface area (Å²) < 4.78 is 17.1. The van der Waals surface area contributed by atoms with Gasteiger partial charge in [-0.25, -0.2) is 0 Å². The average Bonchev–Trinajstić information content (AvgIpc) is 3.04. The summed E-state index contributed by atoms with van der Waals surface area (Å²) in [6.45, 7) is 7.52. The minimum atomic E-state index is -0.714. The summed E-state index contributed by atoms with van der Waals surface area (Å²) in [5.41, 5.74) is 2.79. The SMILES string of the molecule is C=CCOc1ccc(C2c3c(oc4cc(C)cc(C)c4c3=O)C(=O)N2CCO)cc1OC. The lowest BCUT2D eigenvalue weighted by Crippen LogP contribution is -2.32. The van der Waals surface area contributed by atoms with Crippen molar-refractivity contribution in [2.45, 2.75) is 19.9 Å². The molecule has 1 aliphatic rings. The van der Waals surface area contributed by atoms with Crippen LogP contribution in [0.15, 0.2) is 52.2 Å². The average molecular weight is 435 g/mol. The largest absolute Gasteiger partial charge is 0.493 e. The first kappa shape index (κ1) is 21.6. The number of rotatable bonds is 7. The molecule has 7 heteroatoms. The van der Waals surface area contributed by atoms with Crippen LogP contribution in [0.25, 0.3) is 11.0 Å². The van der Waals surface area contributed by atoms with Crippen molar-refractivity contribution < 1.29 is 23.8 Å². The zero-order valence-corrected chi connectivity index (χ0v) is 18.3. The fourth-order valence-corrected chi connectivity index (χ4v) is 4.32. The first-order valence-electron chi connectivity index (χ1n) is 10.3. The molecule has 0 bridgehead atoms. The second-order valence-corrected chi connectivity index (χ2v) is 7.76. The number of nitrogens with zero attached hydrogens (tertiary/aromatic N) is 1. The quantitative estimate of drug-likeness (QED) is 0.571. The van der Waals surface area contributed by atoms with Crippen LogP contribution in [0, 0.1) is 13.8 Å². The predicted octanol–water partition coefficient (Wildman–Crippen LogP) is 3.52. The maximum atomic E-state index is 13.6. The summed E-state index contributed by atoms with van der Waals surface area (Å²) in [7, 11) is 1.52. The predicted molar refractivity (Wildman–Crippen MR) is 121 cm³/mol. The third-order valence-corrected chi connectivity index (χ3v) is 5.61. The number of carbonyl (C=O) groups excluding carboxylic acids is 1. The summed E-state index contributed by atoms with van der Waals surface area (Å²) in [5, 5.41) is 10.1. The highest BCUT2D eigenvalue weighted by Gasteiger charge is 2.42. The molecule has 0 fully saturated rings. The Morgan fingerprint density at radius 2 is 1.97 bits per heavy atom. The number of aliphatic hydroxyl groups is 1. The molecular formula is C25H25NO6. The lowest BCUT2D eigenvalue weighted by atomic mass is 9.96. The highest BCUT2D eigenvalue weighted by atomic mass is 16.5. The Kier molecular flexibility index (Phi) is 5.76. The molecule has 0 spiro atoms. The number of aryl methyl sites for hydroxylation is 2. The van der Waals surface area contributed by atoms with E-state index in [-0.39, 0.29) is 29.9 Å². The Hall–Kier alpha value is -3.58. The normalized spacial score (nSPS) is 15.2. The second-order valence-electron chi connectivity index (χ2n) is 7.76. The van der Waals surface area contributed by atoms with Gasteiger partial charge in [0.15, 0.2) is 16.9 Å². The van der Waals surface area contributed by atoms with E-state index in [0.29, 0.717) is 34.6 Å². The smallest absolute Gasteiger partial charge is 0.290 e. The van der Waals surface area contributed by atoms with Gasteiger partial charge in [0.1, 0.15) is 12.2 Å². The third-order valence-electron chi connectivity index (χ3n) is 5.61. The molecule has 3 aromatic rings. The molecule has 1 N–H and O–H groups in total. The number of hydrogen-bond acceptors (Lipinski definition) is 6. The summed E-state index contributed by atoms with van der Waals surface area (Å²) >= 11 is 0. The molecule has 7 nitrogen and oxygen atoms in total. The number of aliphatic hydroxyl groups excluding tert-OH is 1. The van der Waals surface area contributed by atoms with Crippen LogP contribution in [0.3, 0.4) is 0 Å². The summed E-state index contributed by atoms with van der Waals surface area (Å²) in [5.74, 6) is 0.567. The lowest BCUT2D eigenvalue weighted by Gasteiger charge is -2.25. The maximum absolute atomic E-state index is 13.6. The maximum Gasteiger partial charge on any atom is 0.290 e. The molecule has 0 aliphatic carbocycles. The molecule has 4 rings (SSSR count). The van der Waals surface area contributed by atoms with Crippen LogP contribution >= 0.6 is 0 Å². The Morgan fingerprint density at radius 3 is 2.66 bits per heavy atom. The number of hydrogen-bond donors (Lipinski definition) is 1. The van der Waals surface area contributed by atoms with Gasteiger partial charge in [-0.1, -0.05) is 24.8 Å². The fourth-order valence-electron chi connectivity index (χ4n) is 4.32. The van der Waals surface area contributed by atoms with Crippen molar-refractivity contribution in [3.63, 3.8) is 0 Å². The van der Waals surface area contributed by atoms with Gasteiger partial charge in [-0.2, -0.15) is 0 Å². The van der Waals surface area contributed by atoms with Crippen LogP contribution in [-0.4, -0.2) is 42.8 Å². The molecule has 0 saturated heterocycles. The first-order chi connectivity index (χ1) is 15.4. The van der Waals surface area contributed by atoms with E-state index in [4.69, 9.17) is 13.9 Å². The molecule has 2 heterocycles. The number of carbonyl (C=O) groups is 1. The van der Waals surface area contributed by atoms with Gasteiger partial charge in [-0.3, -0.25) is 9.59 Å². The number of amides is 1. The topological polar surface area (TPSA) is 89.2 Å². The highest BCUT2D eigenvalue weighted by Crippen LogP contribution is 2.41. The number of β-amino-alcohol motifs (C(OH)–C–C–N with tert-alkyl or cyclic N) is 1. The summed E-state index contributed by atoms with van der Waals surface area (Å²) in [4.78, 5) is 28.3. The van der Waals surface area contributed by atoms with Gasteiger partial charge in [0, 0.05) is 6.54 Å². The van der Waals surface area contributed by atoms with Gasteiger partial charge >= 0.3 is 0 Å². The second kappa shape index (κ2) is 8.51. The van der Waals surface area contributed by atoms with E-state index < -0.39 is 11.9 Å². The highest BCUT2D eigenvalue weighted by molar-refractivity contribution is 5.99. The van der Waals surface area contributed by atoms with Crippen LogP contribution in [0.4, 0.5) is 0 Å². The monoisotopic (exact) mass is 435 g/mol. The van der Waals surface area contributed by atoms with E-state index in [2.05, 4.69) is 6.58 Å². The number of methoxy groups -OCH3 is 1. The number of ether oxygens (including phenoxy) is 2. The molecule has 1 unspecified atom stereocenters. The first-order valence-corrected chi connectivity index (χ1v) is 10.3. The zero-order chi connectivity index (χ0) is 23.0. The van der Waals surface area contributed by atoms with Crippen LogP contribution < -0.4 is 14.9 Å². The van der Waals surface area contributed by atoms with Crippen molar-refractivity contribution in [3.8, 4) is 11.5 Å². The molecule has 1 atom stereocenters. The Balaban J connectivity index is 1.95. The molecule has 1 aliphatic heterocycles. The Labute approximate surface area is 185 Å². The van der Waals surface area contributed by atoms with Crippen LogP contribution in [0.2, 0.25) is 0 Å². The van der Waals surface area contributed by atoms with Crippen LogP contribution in [-0.2, 0) is 0 Å². The Morgan fingerprint density at radius 1 is 1.19 bits per heavy atom. The number of benzene rings is 2. The molecule has 0 radical (unpaired) electrons. The van der Waals surface area contributed by atoms with Gasteiger partial charge in [-0.05, 0) is 48.7 Å². The van der Waals surface area contributed by atoms with E-state index >= 15 is 0 Å². The Bertz CT molecular complexity index is 1280. The fraction of sp³-hybridized carbons (Fsp3) is 0.280. The van der Waals surface area contributed by atoms with Gasteiger partial charge in [0.2, 0.25) is 5.76 Å². The van der Waals surface area contributed by atoms with E-state index in [0.717, 1.165) is 11.1 Å². The molecule has 32 heavy (non-hydrogen) atoms. The van der Waals surface area contributed by atoms with Gasteiger partial charge in [0.05, 0.1) is 30.7 Å². The van der Waals surface area contributed by atoms with E-state index in [1.807, 2.05) is 19.9 Å². The minimum Gasteiger partial charge on any atom is -0.493 e. The molecule has 1 amide bonds. The van der Waals surface area contributed by atoms with Crippen molar-refractivity contribution in [2.75, 3.05) is 26.9 Å². The van der Waals surface area contributed by atoms with Crippen molar-refractivity contribution >= 4 is 16.9 Å². The molecule has 1 aromatic heterocycles. The van der Waals surface area contributed by atoms with E-state index in [1.54, 1.807) is 30.3 Å². The van der Waals surface area contributed by atoms with Crippen molar-refractivity contribution in [2.24, 2.45) is 0 Å². The van der Waals surface area contributed by atoms with E-state index in [9.17, 15) is 14.7 Å². The summed E-state index contributed by atoms with van der Waals surface area (Å²) in [6.07, 6.45) is 1.63. The zero-order valence-electron chi connectivity index (χ0n) is 18.3. The van der Waals surface area contributed by atoms with Gasteiger partial charge in [-0.15, -0.1) is 0 Å². The lowest BCUT2D eigenvalue weighted by molar-refractivity contribution is 0.0691. The number of fused-ring (bicyclic) bond motifs is 2. The van der Waals surface area contributed by atoms with Crippen molar-refractivity contribution in [3.05, 3.63) is 81.2 Å². The van der Waals surface area contributed by atoms with Gasteiger partial charge < -0.3 is 23.9 Å². The third kappa shape index (κ3) is 3.44. The molecule has 166 valence electrons.